The van der Waals surface area contributed by atoms with Crippen molar-refractivity contribution in [3.8, 4) is 0 Å². The smallest absolute Gasteiger partial charge is 0.0215 e. The lowest BCUT2D eigenvalue weighted by Crippen LogP contribution is -1.59. The number of hydrogen-bond acceptors (Lipinski definition) is 1. The molecule has 0 saturated carbocycles. The van der Waals surface area contributed by atoms with E-state index in [1.54, 1.807) is 6.26 Å². The third kappa shape index (κ3) is 81.7. The maximum atomic E-state index is 3.53. The highest BCUT2D eigenvalue weighted by Crippen LogP contribution is 1.88. The molecule has 0 atom stereocenters. The van der Waals surface area contributed by atoms with Crippen LogP contribution in [0.5, 0.6) is 0 Å². The monoisotopic (exact) mass is 164 g/mol. The van der Waals surface area contributed by atoms with Crippen molar-refractivity contribution in [3.63, 3.8) is 0 Å². The van der Waals surface area contributed by atoms with Crippen LogP contribution < -0.4 is 0 Å². The van der Waals surface area contributed by atoms with E-state index in [0.717, 1.165) is 0 Å². The highest BCUT2D eigenvalue weighted by atomic mass is 32.1. The molecule has 0 spiro atoms. The van der Waals surface area contributed by atoms with Gasteiger partial charge in [0.05, 0.1) is 0 Å². The molecular formula is C9H24S. The zero-order valence-corrected chi connectivity index (χ0v) is 9.17. The predicted molar refractivity (Wildman–Crippen MR) is 56.1 cm³/mol. The molecule has 0 heterocycles. The minimum atomic E-state index is 1.25. The molecule has 0 aliphatic heterocycles. The second-order valence-corrected chi connectivity index (χ2v) is 2.06. The summed E-state index contributed by atoms with van der Waals surface area (Å²) < 4.78 is 0. The molecule has 66 valence electrons. The van der Waals surface area contributed by atoms with E-state index >= 15 is 0 Å². The summed E-state index contributed by atoms with van der Waals surface area (Å²) in [5, 5.41) is 0. The standard InChI is InChI=1S/C5H12.C3H8.CH4S/c1-3-5-4-2;1-3-2;1-2/h3-5H2,1-2H3;3H2,1-2H3;2H,1H3. The molecule has 0 bridgehead atoms. The van der Waals surface area contributed by atoms with Crippen LogP contribution in [0.15, 0.2) is 0 Å². The molecular weight excluding hydrogens is 140 g/mol. The Kier molecular flexibility index (Phi) is 57.7. The van der Waals surface area contributed by atoms with Crippen LogP contribution in [0.1, 0.15) is 53.4 Å². The molecule has 0 aromatic rings. The summed E-state index contributed by atoms with van der Waals surface area (Å²) in [4.78, 5) is 0. The maximum Gasteiger partial charge on any atom is -0.0215 e. The van der Waals surface area contributed by atoms with Crippen molar-refractivity contribution >= 4 is 12.6 Å². The zero-order chi connectivity index (χ0) is 8.83. The lowest BCUT2D eigenvalue weighted by atomic mass is 10.3. The minimum absolute atomic E-state index is 1.25. The second kappa shape index (κ2) is 34.5. The quantitative estimate of drug-likeness (QED) is 0.582. The van der Waals surface area contributed by atoms with Gasteiger partial charge in [0.1, 0.15) is 0 Å². The van der Waals surface area contributed by atoms with Crippen LogP contribution in [0.4, 0.5) is 0 Å². The summed E-state index contributed by atoms with van der Waals surface area (Å²) in [5.41, 5.74) is 0. The first-order valence-corrected chi connectivity index (χ1v) is 5.17. The van der Waals surface area contributed by atoms with Crippen LogP contribution in [-0.2, 0) is 0 Å². The van der Waals surface area contributed by atoms with Crippen molar-refractivity contribution in [2.75, 3.05) is 6.26 Å². The van der Waals surface area contributed by atoms with Crippen molar-refractivity contribution < 1.29 is 0 Å². The second-order valence-electron chi connectivity index (χ2n) is 2.06. The van der Waals surface area contributed by atoms with E-state index in [-0.39, 0.29) is 0 Å². The first-order chi connectivity index (χ1) is 4.83. The van der Waals surface area contributed by atoms with Crippen LogP contribution in [0.25, 0.3) is 0 Å². The Hall–Kier alpha value is 0.350. The topological polar surface area (TPSA) is 0 Å². The van der Waals surface area contributed by atoms with Gasteiger partial charge in [-0.25, -0.2) is 0 Å². The largest absolute Gasteiger partial charge is 0.183 e. The van der Waals surface area contributed by atoms with Gasteiger partial charge >= 0.3 is 0 Å². The summed E-state index contributed by atoms with van der Waals surface area (Å²) in [6, 6.07) is 0. The molecule has 0 aliphatic carbocycles. The van der Waals surface area contributed by atoms with E-state index in [1.807, 2.05) is 0 Å². The molecule has 0 rings (SSSR count). The van der Waals surface area contributed by atoms with Crippen molar-refractivity contribution in [3.05, 3.63) is 0 Å². The molecule has 0 N–H and O–H groups in total. The average Bonchev–Trinajstić information content (AvgIpc) is 1.96. The maximum absolute atomic E-state index is 3.53. The molecule has 0 fully saturated rings. The molecule has 1 heteroatoms. The van der Waals surface area contributed by atoms with Crippen LogP contribution in [0.2, 0.25) is 0 Å². The third-order valence-electron chi connectivity index (χ3n) is 0.707. The molecule has 0 aromatic heterocycles. The molecule has 0 aromatic carbocycles. The van der Waals surface area contributed by atoms with E-state index in [1.165, 1.54) is 25.7 Å². The number of hydrogen-bond donors (Lipinski definition) is 1. The lowest BCUT2D eigenvalue weighted by molar-refractivity contribution is 0.772. The van der Waals surface area contributed by atoms with Crippen LogP contribution >= 0.6 is 12.6 Å². The molecule has 0 nitrogen and oxygen atoms in total. The Morgan fingerprint density at radius 2 is 1.00 bits per heavy atom. The summed E-state index contributed by atoms with van der Waals surface area (Å²) in [5.74, 6) is 0. The summed E-state index contributed by atoms with van der Waals surface area (Å²) >= 11 is 3.53. The summed E-state index contributed by atoms with van der Waals surface area (Å²) in [6.45, 7) is 8.67. The first kappa shape index (κ1) is 16.7. The van der Waals surface area contributed by atoms with Gasteiger partial charge in [-0.05, 0) is 6.26 Å². The summed E-state index contributed by atoms with van der Waals surface area (Å²) in [6.07, 6.45) is 7.02. The number of unbranched alkanes of at least 4 members (excludes halogenated alkanes) is 2. The Bertz CT molecular complexity index is 18.7. The highest BCUT2D eigenvalue weighted by molar-refractivity contribution is 7.79. The van der Waals surface area contributed by atoms with E-state index in [2.05, 4.69) is 40.3 Å². The average molecular weight is 164 g/mol. The zero-order valence-electron chi connectivity index (χ0n) is 8.28. The Labute approximate surface area is 72.8 Å². The Balaban J connectivity index is -0.0000000847. The van der Waals surface area contributed by atoms with Gasteiger partial charge in [-0.2, -0.15) is 12.6 Å². The third-order valence-corrected chi connectivity index (χ3v) is 0.707. The summed E-state index contributed by atoms with van der Waals surface area (Å²) in [7, 11) is 0. The van der Waals surface area contributed by atoms with Crippen LogP contribution in [0.3, 0.4) is 0 Å². The van der Waals surface area contributed by atoms with Gasteiger partial charge < -0.3 is 0 Å². The van der Waals surface area contributed by atoms with E-state index in [0.29, 0.717) is 0 Å². The lowest BCUT2D eigenvalue weighted by Gasteiger charge is -1.79. The normalized spacial score (nSPS) is 6.60. The molecule has 0 saturated heterocycles. The van der Waals surface area contributed by atoms with Gasteiger partial charge in [0.2, 0.25) is 0 Å². The van der Waals surface area contributed by atoms with E-state index < -0.39 is 0 Å². The van der Waals surface area contributed by atoms with Crippen molar-refractivity contribution in [1.29, 1.82) is 0 Å². The van der Waals surface area contributed by atoms with Crippen molar-refractivity contribution in [2.24, 2.45) is 0 Å². The number of rotatable bonds is 2. The first-order valence-electron chi connectivity index (χ1n) is 4.28. The Morgan fingerprint density at radius 1 is 0.800 bits per heavy atom. The fraction of sp³-hybridized carbons (Fsp3) is 1.00. The molecule has 0 amide bonds. The predicted octanol–water partition coefficient (Wildman–Crippen LogP) is 4.16. The molecule has 0 aliphatic rings. The SMILES string of the molecule is CCC.CCCCC.CS. The van der Waals surface area contributed by atoms with Crippen molar-refractivity contribution in [1.82, 2.24) is 0 Å². The van der Waals surface area contributed by atoms with E-state index in [9.17, 15) is 0 Å². The van der Waals surface area contributed by atoms with Crippen LogP contribution in [-0.4, -0.2) is 6.26 Å². The highest BCUT2D eigenvalue weighted by Gasteiger charge is 1.68. The van der Waals surface area contributed by atoms with Gasteiger partial charge in [0.25, 0.3) is 0 Å². The van der Waals surface area contributed by atoms with Gasteiger partial charge in [0, 0.05) is 0 Å². The van der Waals surface area contributed by atoms with Gasteiger partial charge in [-0.1, -0.05) is 53.4 Å². The molecule has 0 unspecified atom stereocenters. The molecule has 10 heavy (non-hydrogen) atoms. The van der Waals surface area contributed by atoms with Gasteiger partial charge in [0.15, 0.2) is 0 Å². The minimum Gasteiger partial charge on any atom is -0.183 e. The Morgan fingerprint density at radius 3 is 1.00 bits per heavy atom. The van der Waals surface area contributed by atoms with Crippen LogP contribution in [0, 0.1) is 0 Å². The number of thiol groups is 1. The van der Waals surface area contributed by atoms with Gasteiger partial charge in [-0.15, -0.1) is 0 Å². The van der Waals surface area contributed by atoms with Gasteiger partial charge in [-0.3, -0.25) is 0 Å². The van der Waals surface area contributed by atoms with Crippen molar-refractivity contribution in [2.45, 2.75) is 53.4 Å². The fourth-order valence-corrected chi connectivity index (χ4v) is 0.354. The molecule has 0 radical (unpaired) electrons. The van der Waals surface area contributed by atoms with E-state index in [4.69, 9.17) is 0 Å². The fourth-order valence-electron chi connectivity index (χ4n) is 0.354.